The molecule has 1 aromatic heterocycles. The Morgan fingerprint density at radius 2 is 2.14 bits per heavy atom. The second-order valence-electron chi connectivity index (χ2n) is 4.43. The topological polar surface area (TPSA) is 68.1 Å². The summed E-state index contributed by atoms with van der Waals surface area (Å²) in [5, 5.41) is 14.2. The molecule has 0 radical (unpaired) electrons. The van der Waals surface area contributed by atoms with E-state index in [1.54, 1.807) is 29.0 Å². The summed E-state index contributed by atoms with van der Waals surface area (Å²) in [5.41, 5.74) is 4.44. The van der Waals surface area contributed by atoms with Crippen LogP contribution in [0, 0.1) is 10.1 Å². The molecule has 7 heteroatoms. The van der Waals surface area contributed by atoms with E-state index in [1.807, 2.05) is 18.2 Å². The lowest BCUT2D eigenvalue weighted by molar-refractivity contribution is -0.384. The van der Waals surface area contributed by atoms with Crippen molar-refractivity contribution in [1.29, 1.82) is 0 Å². The quantitative estimate of drug-likeness (QED) is 0.569. The van der Waals surface area contributed by atoms with E-state index >= 15 is 0 Å². The van der Waals surface area contributed by atoms with Crippen LogP contribution < -0.4 is 5.32 Å². The van der Waals surface area contributed by atoms with Gasteiger partial charge in [-0.25, -0.2) is 4.98 Å². The number of hydrogen-bond acceptors (Lipinski definition) is 5. The number of halogens is 1. The van der Waals surface area contributed by atoms with Crippen LogP contribution >= 0.6 is 22.9 Å². The smallest absolute Gasteiger partial charge is 0.288 e. The third-order valence-electron chi connectivity index (χ3n) is 3.04. The van der Waals surface area contributed by atoms with E-state index in [1.165, 1.54) is 6.07 Å². The average molecular weight is 320 g/mol. The highest BCUT2D eigenvalue weighted by molar-refractivity contribution is 7.16. The molecule has 0 amide bonds. The fourth-order valence-corrected chi connectivity index (χ4v) is 2.88. The number of aromatic nitrogens is 1. The zero-order chi connectivity index (χ0) is 14.8. The van der Waals surface area contributed by atoms with E-state index in [9.17, 15) is 10.1 Å². The Morgan fingerprint density at radius 1 is 1.29 bits per heavy atom. The van der Waals surface area contributed by atoms with Crippen LogP contribution in [0.15, 0.2) is 41.9 Å². The van der Waals surface area contributed by atoms with E-state index < -0.39 is 4.92 Å². The van der Waals surface area contributed by atoms with Gasteiger partial charge in [-0.3, -0.25) is 10.1 Å². The van der Waals surface area contributed by atoms with Crippen LogP contribution in [-0.4, -0.2) is 9.91 Å². The van der Waals surface area contributed by atoms with Crippen LogP contribution in [0.1, 0.15) is 5.56 Å². The number of benzene rings is 2. The van der Waals surface area contributed by atoms with Crippen molar-refractivity contribution in [3.63, 3.8) is 0 Å². The number of anilines is 1. The third kappa shape index (κ3) is 2.96. The Kier molecular flexibility index (Phi) is 3.72. The SMILES string of the molecule is O=[N+]([O-])c1cc(CNc2ccc3ncsc3c2)ccc1Cl. The highest BCUT2D eigenvalue weighted by Crippen LogP contribution is 2.26. The molecular formula is C14H10ClN3O2S. The highest BCUT2D eigenvalue weighted by Gasteiger charge is 2.12. The predicted octanol–water partition coefficient (Wildman–Crippen LogP) is 4.47. The van der Waals surface area contributed by atoms with Gasteiger partial charge in [0.2, 0.25) is 0 Å². The van der Waals surface area contributed by atoms with Crippen molar-refractivity contribution in [2.75, 3.05) is 5.32 Å². The first kappa shape index (κ1) is 13.8. The number of fused-ring (bicyclic) bond motifs is 1. The molecule has 0 aliphatic rings. The molecule has 0 saturated heterocycles. The molecule has 3 aromatic rings. The lowest BCUT2D eigenvalue weighted by atomic mass is 10.2. The minimum Gasteiger partial charge on any atom is -0.381 e. The van der Waals surface area contributed by atoms with Gasteiger partial charge in [0.25, 0.3) is 5.69 Å². The first-order chi connectivity index (χ1) is 10.1. The molecule has 0 bridgehead atoms. The Bertz CT molecular complexity index is 819. The second kappa shape index (κ2) is 5.67. The molecular weight excluding hydrogens is 310 g/mol. The molecule has 1 N–H and O–H groups in total. The maximum Gasteiger partial charge on any atom is 0.288 e. The lowest BCUT2D eigenvalue weighted by Crippen LogP contribution is -2.00. The molecule has 0 fully saturated rings. The molecule has 0 unspecified atom stereocenters. The van der Waals surface area contributed by atoms with E-state index in [2.05, 4.69) is 10.3 Å². The number of thiazole rings is 1. The van der Waals surface area contributed by atoms with Crippen molar-refractivity contribution in [2.24, 2.45) is 0 Å². The first-order valence-corrected chi connectivity index (χ1v) is 7.39. The zero-order valence-electron chi connectivity index (χ0n) is 10.7. The minimum atomic E-state index is -0.477. The van der Waals surface area contributed by atoms with Gasteiger partial charge in [-0.2, -0.15) is 0 Å². The molecule has 0 spiro atoms. The van der Waals surface area contributed by atoms with Gasteiger partial charge in [0.1, 0.15) is 5.02 Å². The Morgan fingerprint density at radius 3 is 2.95 bits per heavy atom. The molecule has 0 atom stereocenters. The highest BCUT2D eigenvalue weighted by atomic mass is 35.5. The van der Waals surface area contributed by atoms with Crippen molar-refractivity contribution in [3.8, 4) is 0 Å². The zero-order valence-corrected chi connectivity index (χ0v) is 12.3. The van der Waals surface area contributed by atoms with Crippen LogP contribution in [0.25, 0.3) is 10.2 Å². The van der Waals surface area contributed by atoms with Crippen molar-refractivity contribution in [3.05, 3.63) is 62.6 Å². The van der Waals surface area contributed by atoms with Gasteiger partial charge in [-0.1, -0.05) is 17.7 Å². The van der Waals surface area contributed by atoms with Crippen molar-refractivity contribution in [2.45, 2.75) is 6.54 Å². The summed E-state index contributed by atoms with van der Waals surface area (Å²) in [4.78, 5) is 14.6. The van der Waals surface area contributed by atoms with E-state index in [-0.39, 0.29) is 10.7 Å². The number of hydrogen-bond donors (Lipinski definition) is 1. The van der Waals surface area contributed by atoms with Gasteiger partial charge in [-0.15, -0.1) is 11.3 Å². The molecule has 106 valence electrons. The molecule has 3 rings (SSSR count). The Labute approximate surface area is 129 Å². The summed E-state index contributed by atoms with van der Waals surface area (Å²) in [7, 11) is 0. The van der Waals surface area contributed by atoms with Gasteiger partial charge in [-0.05, 0) is 29.8 Å². The van der Waals surface area contributed by atoms with Crippen molar-refractivity contribution < 1.29 is 4.92 Å². The van der Waals surface area contributed by atoms with Gasteiger partial charge >= 0.3 is 0 Å². The van der Waals surface area contributed by atoms with E-state index in [4.69, 9.17) is 11.6 Å². The number of nitrogens with zero attached hydrogens (tertiary/aromatic N) is 2. The normalized spacial score (nSPS) is 10.7. The minimum absolute atomic E-state index is 0.0751. The summed E-state index contributed by atoms with van der Waals surface area (Å²) < 4.78 is 1.10. The Balaban J connectivity index is 1.77. The van der Waals surface area contributed by atoms with Crippen LogP contribution in [0.4, 0.5) is 11.4 Å². The number of nitro benzene ring substituents is 1. The van der Waals surface area contributed by atoms with Gasteiger partial charge < -0.3 is 5.32 Å². The molecule has 0 aliphatic carbocycles. The molecule has 2 aromatic carbocycles. The number of nitro groups is 1. The van der Waals surface area contributed by atoms with Gasteiger partial charge in [0.15, 0.2) is 0 Å². The molecule has 0 aliphatic heterocycles. The van der Waals surface area contributed by atoms with Crippen molar-refractivity contribution >= 4 is 44.5 Å². The van der Waals surface area contributed by atoms with E-state index in [0.717, 1.165) is 21.5 Å². The summed E-state index contributed by atoms with van der Waals surface area (Å²) >= 11 is 7.37. The van der Waals surface area contributed by atoms with Crippen LogP contribution in [0.5, 0.6) is 0 Å². The van der Waals surface area contributed by atoms with E-state index in [0.29, 0.717) is 6.54 Å². The maximum absolute atomic E-state index is 10.9. The van der Waals surface area contributed by atoms with Gasteiger partial charge in [0, 0.05) is 18.3 Å². The summed E-state index contributed by atoms with van der Waals surface area (Å²) in [6.07, 6.45) is 0. The number of nitrogens with one attached hydrogen (secondary N) is 1. The fraction of sp³-hybridized carbons (Fsp3) is 0.0714. The Hall–Kier alpha value is -2.18. The summed E-state index contributed by atoms with van der Waals surface area (Å²) in [6, 6.07) is 10.7. The molecule has 1 heterocycles. The van der Waals surface area contributed by atoms with Crippen molar-refractivity contribution in [1.82, 2.24) is 4.98 Å². The second-order valence-corrected chi connectivity index (χ2v) is 5.72. The third-order valence-corrected chi connectivity index (χ3v) is 4.15. The molecule has 21 heavy (non-hydrogen) atoms. The molecule has 0 saturated carbocycles. The first-order valence-electron chi connectivity index (χ1n) is 6.13. The average Bonchev–Trinajstić information content (AvgIpc) is 2.93. The van der Waals surface area contributed by atoms with Gasteiger partial charge in [0.05, 0.1) is 20.7 Å². The number of rotatable bonds is 4. The lowest BCUT2D eigenvalue weighted by Gasteiger charge is -2.07. The summed E-state index contributed by atoms with van der Waals surface area (Å²) in [5.74, 6) is 0. The predicted molar refractivity (Wildman–Crippen MR) is 85.1 cm³/mol. The fourth-order valence-electron chi connectivity index (χ4n) is 1.98. The maximum atomic E-state index is 10.9. The molecule has 5 nitrogen and oxygen atoms in total. The van der Waals surface area contributed by atoms with Crippen LogP contribution in [-0.2, 0) is 6.54 Å². The monoisotopic (exact) mass is 319 g/mol. The van der Waals surface area contributed by atoms with Crippen LogP contribution in [0.3, 0.4) is 0 Å². The standard InChI is InChI=1S/C14H10ClN3O2S/c15-11-3-1-9(5-13(11)18(19)20)7-16-10-2-4-12-14(6-10)21-8-17-12/h1-6,8,16H,7H2. The summed E-state index contributed by atoms with van der Waals surface area (Å²) in [6.45, 7) is 0.488. The largest absolute Gasteiger partial charge is 0.381 e. The van der Waals surface area contributed by atoms with Crippen LogP contribution in [0.2, 0.25) is 5.02 Å².